The Labute approximate surface area is 102 Å². The van der Waals surface area contributed by atoms with Crippen LogP contribution < -0.4 is 5.73 Å². The van der Waals surface area contributed by atoms with Gasteiger partial charge < -0.3 is 5.73 Å². The molecular formula is C13H20N2S. The molecule has 16 heavy (non-hydrogen) atoms. The molecule has 1 rings (SSSR count). The van der Waals surface area contributed by atoms with E-state index in [9.17, 15) is 0 Å². The minimum atomic E-state index is 0.147. The van der Waals surface area contributed by atoms with Gasteiger partial charge in [-0.3, -0.25) is 5.41 Å². The van der Waals surface area contributed by atoms with Gasteiger partial charge in [0.25, 0.3) is 0 Å². The van der Waals surface area contributed by atoms with Crippen molar-refractivity contribution in [2.24, 2.45) is 5.73 Å². The maximum Gasteiger partial charge on any atom is 0.122 e. The van der Waals surface area contributed by atoms with Gasteiger partial charge in [0.1, 0.15) is 5.84 Å². The zero-order chi connectivity index (χ0) is 12.0. The number of hydrogen-bond donors (Lipinski definition) is 2. The Morgan fingerprint density at radius 3 is 2.75 bits per heavy atom. The molecule has 3 N–H and O–H groups in total. The summed E-state index contributed by atoms with van der Waals surface area (Å²) in [6, 6.07) is 6.02. The van der Waals surface area contributed by atoms with Crippen molar-refractivity contribution >= 4 is 17.6 Å². The van der Waals surface area contributed by atoms with E-state index in [-0.39, 0.29) is 5.84 Å². The number of amidine groups is 1. The smallest absolute Gasteiger partial charge is 0.122 e. The molecule has 0 radical (unpaired) electrons. The van der Waals surface area contributed by atoms with Gasteiger partial charge in [-0.2, -0.15) is 11.8 Å². The summed E-state index contributed by atoms with van der Waals surface area (Å²) in [6.45, 7) is 4.30. The van der Waals surface area contributed by atoms with Gasteiger partial charge in [-0.1, -0.05) is 25.5 Å². The molecule has 1 aromatic rings. The number of rotatable bonds is 6. The fraction of sp³-hybridized carbons (Fsp3) is 0.462. The Morgan fingerprint density at radius 2 is 2.19 bits per heavy atom. The highest BCUT2D eigenvalue weighted by Gasteiger charge is 2.02. The molecule has 0 heterocycles. The van der Waals surface area contributed by atoms with Gasteiger partial charge in [0, 0.05) is 11.3 Å². The van der Waals surface area contributed by atoms with E-state index in [1.165, 1.54) is 29.7 Å². The summed E-state index contributed by atoms with van der Waals surface area (Å²) in [5.41, 5.74) is 8.86. The van der Waals surface area contributed by atoms with E-state index in [0.717, 1.165) is 11.3 Å². The number of unbranched alkanes of at least 4 members (excludes halogenated alkanes) is 1. The lowest BCUT2D eigenvalue weighted by atomic mass is 10.1. The topological polar surface area (TPSA) is 49.9 Å². The van der Waals surface area contributed by atoms with Crippen LogP contribution in [0.25, 0.3) is 0 Å². The number of nitrogens with one attached hydrogen (secondary N) is 1. The van der Waals surface area contributed by atoms with Crippen LogP contribution in [0.4, 0.5) is 0 Å². The van der Waals surface area contributed by atoms with Crippen molar-refractivity contribution in [3.05, 3.63) is 34.9 Å². The summed E-state index contributed by atoms with van der Waals surface area (Å²) in [4.78, 5) is 0. The summed E-state index contributed by atoms with van der Waals surface area (Å²) in [6.07, 6.45) is 2.55. The predicted molar refractivity (Wildman–Crippen MR) is 73.3 cm³/mol. The van der Waals surface area contributed by atoms with Gasteiger partial charge in [-0.05, 0) is 36.3 Å². The van der Waals surface area contributed by atoms with Gasteiger partial charge in [0.15, 0.2) is 0 Å². The second-order valence-corrected chi connectivity index (χ2v) is 5.07. The zero-order valence-electron chi connectivity index (χ0n) is 10.0. The number of nitrogens with two attached hydrogens (primary N) is 1. The van der Waals surface area contributed by atoms with Gasteiger partial charge in [0.2, 0.25) is 0 Å². The summed E-state index contributed by atoms with van der Waals surface area (Å²) in [5, 5.41) is 7.37. The number of hydrogen-bond acceptors (Lipinski definition) is 2. The summed E-state index contributed by atoms with van der Waals surface area (Å²) >= 11 is 1.97. The number of aryl methyl sites for hydroxylation is 1. The predicted octanol–water partition coefficient (Wildman–Crippen LogP) is 3.31. The van der Waals surface area contributed by atoms with Crippen LogP contribution in [0.3, 0.4) is 0 Å². The van der Waals surface area contributed by atoms with Crippen molar-refractivity contribution in [1.29, 1.82) is 5.41 Å². The first-order valence-electron chi connectivity index (χ1n) is 5.66. The van der Waals surface area contributed by atoms with Gasteiger partial charge >= 0.3 is 0 Å². The lowest BCUT2D eigenvalue weighted by molar-refractivity contribution is 0.896. The van der Waals surface area contributed by atoms with Crippen LogP contribution in [0.1, 0.15) is 36.5 Å². The summed E-state index contributed by atoms with van der Waals surface area (Å²) in [5.74, 6) is 2.43. The number of benzene rings is 1. The maximum absolute atomic E-state index is 7.37. The Morgan fingerprint density at radius 1 is 1.44 bits per heavy atom. The molecule has 0 unspecified atom stereocenters. The van der Waals surface area contributed by atoms with Crippen molar-refractivity contribution in [3.8, 4) is 0 Å². The Hall–Kier alpha value is -0.960. The molecular weight excluding hydrogens is 216 g/mol. The highest BCUT2D eigenvalue weighted by molar-refractivity contribution is 7.98. The average Bonchev–Trinajstić information content (AvgIpc) is 2.26. The Balaban J connectivity index is 2.57. The molecule has 0 atom stereocenters. The highest BCUT2D eigenvalue weighted by Crippen LogP contribution is 2.18. The van der Waals surface area contributed by atoms with Crippen LogP contribution in [0.5, 0.6) is 0 Å². The van der Waals surface area contributed by atoms with Crippen LogP contribution in [0.15, 0.2) is 18.2 Å². The van der Waals surface area contributed by atoms with Crippen molar-refractivity contribution in [2.45, 2.75) is 32.4 Å². The molecule has 1 aromatic carbocycles. The molecule has 0 bridgehead atoms. The molecule has 0 aromatic heterocycles. The van der Waals surface area contributed by atoms with Gasteiger partial charge in [0.05, 0.1) is 0 Å². The van der Waals surface area contributed by atoms with E-state index < -0.39 is 0 Å². The van der Waals surface area contributed by atoms with Crippen molar-refractivity contribution in [2.75, 3.05) is 5.75 Å². The van der Waals surface area contributed by atoms with Crippen LogP contribution in [0, 0.1) is 12.3 Å². The normalized spacial score (nSPS) is 10.4. The average molecular weight is 236 g/mol. The molecule has 3 heteroatoms. The monoisotopic (exact) mass is 236 g/mol. The molecule has 2 nitrogen and oxygen atoms in total. The van der Waals surface area contributed by atoms with Crippen LogP contribution in [-0.2, 0) is 5.75 Å². The molecule has 0 fully saturated rings. The number of thioether (sulfide) groups is 1. The zero-order valence-corrected chi connectivity index (χ0v) is 10.9. The molecule has 0 aliphatic carbocycles. The maximum atomic E-state index is 7.37. The second kappa shape index (κ2) is 6.59. The molecule has 88 valence electrons. The molecule has 0 saturated carbocycles. The lowest BCUT2D eigenvalue weighted by Gasteiger charge is -2.07. The van der Waals surface area contributed by atoms with E-state index in [4.69, 9.17) is 11.1 Å². The third kappa shape index (κ3) is 3.89. The molecule has 0 saturated heterocycles. The van der Waals surface area contributed by atoms with Crippen molar-refractivity contribution < 1.29 is 0 Å². The molecule has 0 aliphatic rings. The summed E-state index contributed by atoms with van der Waals surface area (Å²) < 4.78 is 0. The first kappa shape index (κ1) is 13.1. The minimum absolute atomic E-state index is 0.147. The van der Waals surface area contributed by atoms with Crippen LogP contribution in [-0.4, -0.2) is 11.6 Å². The third-order valence-electron chi connectivity index (χ3n) is 2.55. The van der Waals surface area contributed by atoms with Gasteiger partial charge in [-0.25, -0.2) is 0 Å². The van der Waals surface area contributed by atoms with Crippen molar-refractivity contribution in [1.82, 2.24) is 0 Å². The van der Waals surface area contributed by atoms with E-state index in [1.807, 2.05) is 23.9 Å². The van der Waals surface area contributed by atoms with Crippen LogP contribution >= 0.6 is 11.8 Å². The molecule has 0 aliphatic heterocycles. The highest BCUT2D eigenvalue weighted by atomic mass is 32.2. The fourth-order valence-electron chi connectivity index (χ4n) is 1.45. The number of nitrogen functional groups attached to an aromatic ring is 1. The first-order chi connectivity index (χ1) is 7.65. The Bertz CT molecular complexity index is 361. The fourth-order valence-corrected chi connectivity index (χ4v) is 2.63. The van der Waals surface area contributed by atoms with E-state index >= 15 is 0 Å². The molecule has 0 amide bonds. The van der Waals surface area contributed by atoms with E-state index in [2.05, 4.69) is 19.9 Å². The SMILES string of the molecule is CCCCSCc1ccc(C(=N)N)cc1C. The Kier molecular flexibility index (Phi) is 5.39. The van der Waals surface area contributed by atoms with Crippen molar-refractivity contribution in [3.63, 3.8) is 0 Å². The van der Waals surface area contributed by atoms with Crippen LogP contribution in [0.2, 0.25) is 0 Å². The second-order valence-electron chi connectivity index (χ2n) is 3.96. The summed E-state index contributed by atoms with van der Waals surface area (Å²) in [7, 11) is 0. The van der Waals surface area contributed by atoms with Gasteiger partial charge in [-0.15, -0.1) is 0 Å². The van der Waals surface area contributed by atoms with E-state index in [0.29, 0.717) is 0 Å². The van der Waals surface area contributed by atoms with E-state index in [1.54, 1.807) is 0 Å². The quantitative estimate of drug-likeness (QED) is 0.452. The lowest BCUT2D eigenvalue weighted by Crippen LogP contribution is -2.11. The molecule has 0 spiro atoms. The first-order valence-corrected chi connectivity index (χ1v) is 6.82. The standard InChI is InChI=1S/C13H20N2S/c1-3-4-7-16-9-12-6-5-11(13(14)15)8-10(12)2/h5-6,8H,3-4,7,9H2,1-2H3,(H3,14,15). The third-order valence-corrected chi connectivity index (χ3v) is 3.65. The largest absolute Gasteiger partial charge is 0.384 e. The minimum Gasteiger partial charge on any atom is -0.384 e.